The molecule has 0 spiro atoms. The summed E-state index contributed by atoms with van der Waals surface area (Å²) < 4.78 is 5.55. The molecule has 0 unspecified atom stereocenters. The normalized spacial score (nSPS) is 21.3. The molecule has 26 heavy (non-hydrogen) atoms. The van der Waals surface area contributed by atoms with Gasteiger partial charge in [0.05, 0.1) is 5.69 Å². The Morgan fingerprint density at radius 3 is 2.62 bits per heavy atom. The summed E-state index contributed by atoms with van der Waals surface area (Å²) in [6.07, 6.45) is -0.271. The van der Waals surface area contributed by atoms with Gasteiger partial charge >= 0.3 is 6.09 Å². The van der Waals surface area contributed by atoms with Crippen molar-refractivity contribution in [3.8, 4) is 0 Å². The van der Waals surface area contributed by atoms with Crippen LogP contribution in [0, 0.1) is 6.92 Å². The van der Waals surface area contributed by atoms with E-state index in [9.17, 15) is 4.79 Å². The van der Waals surface area contributed by atoms with E-state index in [2.05, 4.69) is 26.8 Å². The maximum absolute atomic E-state index is 12.5. The molecule has 0 aliphatic carbocycles. The number of anilines is 1. The highest BCUT2D eigenvalue weighted by Gasteiger charge is 2.35. The number of pyridine rings is 1. The number of nitrogens with zero attached hydrogens (tertiary/aromatic N) is 4. The number of ether oxygens (including phenoxy) is 1. The maximum atomic E-state index is 12.5. The third-order valence-corrected chi connectivity index (χ3v) is 4.64. The molecule has 2 aromatic rings. The third kappa shape index (κ3) is 3.72. The van der Waals surface area contributed by atoms with Crippen LogP contribution in [0.1, 0.15) is 40.4 Å². The smallest absolute Gasteiger partial charge is 0.410 e. The van der Waals surface area contributed by atoms with Crippen LogP contribution in [0.4, 0.5) is 10.5 Å². The molecule has 1 saturated heterocycles. The summed E-state index contributed by atoms with van der Waals surface area (Å²) in [5, 5.41) is 0.411. The van der Waals surface area contributed by atoms with Gasteiger partial charge in [-0.2, -0.15) is 0 Å². The lowest BCUT2D eigenvalue weighted by Gasteiger charge is -2.45. The van der Waals surface area contributed by atoms with E-state index in [-0.39, 0.29) is 18.2 Å². The third-order valence-electron chi connectivity index (χ3n) is 4.45. The lowest BCUT2D eigenvalue weighted by molar-refractivity contribution is 0.0130. The summed E-state index contributed by atoms with van der Waals surface area (Å²) >= 11 is 6.21. The SMILES string of the molecule is Cc1nc2nc(Cl)cc(N3C[C@@H](C)N(C(=O)OC(C)(C)C)C[C@@H]3C)c2[nH]1. The standard InChI is InChI=1S/C18H26ClN5O2/c1-10-9-24(17(25)26-18(4,5)6)11(2)8-23(10)13-7-14(19)22-16-15(13)20-12(3)21-16/h7,10-11H,8-9H2,1-6H3,(H,20,21,22)/t10-,11+/m0/s1. The van der Waals surface area contributed by atoms with Crippen LogP contribution >= 0.6 is 11.6 Å². The molecule has 3 rings (SSSR count). The summed E-state index contributed by atoms with van der Waals surface area (Å²) in [6, 6.07) is 1.96. The number of aromatic nitrogens is 3. The van der Waals surface area contributed by atoms with Crippen molar-refractivity contribution in [3.05, 3.63) is 17.0 Å². The summed E-state index contributed by atoms with van der Waals surface area (Å²) in [4.78, 5) is 28.5. The molecule has 2 aromatic heterocycles. The van der Waals surface area contributed by atoms with Gasteiger partial charge in [0, 0.05) is 31.2 Å². The topological polar surface area (TPSA) is 74.3 Å². The molecule has 7 nitrogen and oxygen atoms in total. The summed E-state index contributed by atoms with van der Waals surface area (Å²) in [7, 11) is 0. The minimum Gasteiger partial charge on any atom is -0.444 e. The first-order valence-corrected chi connectivity index (χ1v) is 9.22. The number of hydrogen-bond donors (Lipinski definition) is 1. The van der Waals surface area contributed by atoms with Crippen LogP contribution in [-0.4, -0.2) is 56.7 Å². The molecule has 1 fully saturated rings. The molecular weight excluding hydrogens is 354 g/mol. The number of halogens is 1. The van der Waals surface area contributed by atoms with E-state index in [1.54, 1.807) is 4.90 Å². The first kappa shape index (κ1) is 18.8. The molecule has 142 valence electrons. The van der Waals surface area contributed by atoms with Crippen molar-refractivity contribution in [2.24, 2.45) is 0 Å². The minimum absolute atomic E-state index is 0.00654. The molecule has 3 heterocycles. The first-order chi connectivity index (χ1) is 12.0. The number of carbonyl (C=O) groups is 1. The van der Waals surface area contributed by atoms with E-state index < -0.39 is 5.60 Å². The highest BCUT2D eigenvalue weighted by molar-refractivity contribution is 6.30. The average molecular weight is 380 g/mol. The van der Waals surface area contributed by atoms with Gasteiger partial charge in [0.2, 0.25) is 0 Å². The van der Waals surface area contributed by atoms with Crippen molar-refractivity contribution in [1.29, 1.82) is 0 Å². The van der Waals surface area contributed by atoms with Crippen molar-refractivity contribution in [1.82, 2.24) is 19.9 Å². The van der Waals surface area contributed by atoms with Gasteiger partial charge in [0.1, 0.15) is 22.1 Å². The fraction of sp³-hybridized carbons (Fsp3) is 0.611. The Balaban J connectivity index is 1.88. The molecule has 1 aliphatic heterocycles. The van der Waals surface area contributed by atoms with Gasteiger partial charge in [-0.25, -0.2) is 14.8 Å². The van der Waals surface area contributed by atoms with Gasteiger partial charge in [-0.3, -0.25) is 0 Å². The Morgan fingerprint density at radius 2 is 1.96 bits per heavy atom. The number of aryl methyl sites for hydroxylation is 1. The molecule has 2 atom stereocenters. The Kier molecular flexibility index (Phi) is 4.77. The molecule has 1 aliphatic rings. The summed E-state index contributed by atoms with van der Waals surface area (Å²) in [5.74, 6) is 0.795. The van der Waals surface area contributed by atoms with Gasteiger partial charge in [0.25, 0.3) is 0 Å². The number of rotatable bonds is 1. The van der Waals surface area contributed by atoms with Gasteiger partial charge < -0.3 is 19.5 Å². The highest BCUT2D eigenvalue weighted by atomic mass is 35.5. The highest BCUT2D eigenvalue weighted by Crippen LogP contribution is 2.31. The van der Waals surface area contributed by atoms with Crippen molar-refractivity contribution in [3.63, 3.8) is 0 Å². The van der Waals surface area contributed by atoms with Gasteiger partial charge in [0.15, 0.2) is 5.65 Å². The monoisotopic (exact) mass is 379 g/mol. The predicted molar refractivity (Wildman–Crippen MR) is 103 cm³/mol. The zero-order chi connectivity index (χ0) is 19.2. The predicted octanol–water partition coefficient (Wildman–Crippen LogP) is 3.75. The van der Waals surface area contributed by atoms with Crippen LogP contribution in [0.3, 0.4) is 0 Å². The molecule has 0 aromatic carbocycles. The van der Waals surface area contributed by atoms with Crippen LogP contribution in [0.2, 0.25) is 5.15 Å². The van der Waals surface area contributed by atoms with Gasteiger partial charge in [-0.15, -0.1) is 0 Å². The Hall–Kier alpha value is -2.02. The van der Waals surface area contributed by atoms with E-state index in [1.165, 1.54) is 0 Å². The number of amides is 1. The Morgan fingerprint density at radius 1 is 1.27 bits per heavy atom. The molecule has 1 amide bonds. The average Bonchev–Trinajstić information content (AvgIpc) is 2.86. The first-order valence-electron chi connectivity index (χ1n) is 8.84. The van der Waals surface area contributed by atoms with E-state index >= 15 is 0 Å². The van der Waals surface area contributed by atoms with Crippen LogP contribution in [0.15, 0.2) is 6.07 Å². The number of imidazole rings is 1. The number of aromatic amines is 1. The zero-order valence-electron chi connectivity index (χ0n) is 16.1. The Labute approximate surface area is 158 Å². The lowest BCUT2D eigenvalue weighted by atomic mass is 10.1. The van der Waals surface area contributed by atoms with E-state index in [1.807, 2.05) is 40.7 Å². The number of piperazine rings is 1. The molecule has 1 N–H and O–H groups in total. The summed E-state index contributed by atoms with van der Waals surface area (Å²) in [6.45, 7) is 12.9. The second-order valence-electron chi connectivity index (χ2n) is 7.97. The van der Waals surface area contributed by atoms with Crippen LogP contribution in [0.5, 0.6) is 0 Å². The number of carbonyl (C=O) groups excluding carboxylic acids is 1. The van der Waals surface area contributed by atoms with Gasteiger partial charge in [-0.05, 0) is 41.5 Å². The number of hydrogen-bond acceptors (Lipinski definition) is 5. The van der Waals surface area contributed by atoms with Gasteiger partial charge in [-0.1, -0.05) is 11.6 Å². The van der Waals surface area contributed by atoms with E-state index in [0.717, 1.165) is 17.0 Å². The van der Waals surface area contributed by atoms with E-state index in [0.29, 0.717) is 23.9 Å². The number of H-pyrrole nitrogens is 1. The molecule has 0 radical (unpaired) electrons. The lowest BCUT2D eigenvalue weighted by Crippen LogP contribution is -2.59. The van der Waals surface area contributed by atoms with Crippen molar-refractivity contribution in [2.45, 2.75) is 59.2 Å². The second kappa shape index (κ2) is 6.61. The largest absolute Gasteiger partial charge is 0.444 e. The maximum Gasteiger partial charge on any atom is 0.410 e. The number of nitrogens with one attached hydrogen (secondary N) is 1. The molecule has 0 saturated carbocycles. The quantitative estimate of drug-likeness (QED) is 0.763. The molecular formula is C18H26ClN5O2. The van der Waals surface area contributed by atoms with Crippen LogP contribution in [-0.2, 0) is 4.74 Å². The van der Waals surface area contributed by atoms with E-state index in [4.69, 9.17) is 16.3 Å². The second-order valence-corrected chi connectivity index (χ2v) is 8.36. The van der Waals surface area contributed by atoms with Crippen LogP contribution < -0.4 is 4.90 Å². The van der Waals surface area contributed by atoms with Crippen molar-refractivity contribution >= 4 is 34.5 Å². The van der Waals surface area contributed by atoms with Crippen molar-refractivity contribution in [2.75, 3.05) is 18.0 Å². The Bertz CT molecular complexity index is 829. The zero-order valence-corrected chi connectivity index (χ0v) is 16.9. The summed E-state index contributed by atoms with van der Waals surface area (Å²) in [5.41, 5.74) is 1.94. The molecule has 8 heteroatoms. The van der Waals surface area contributed by atoms with Crippen LogP contribution in [0.25, 0.3) is 11.2 Å². The molecule has 0 bridgehead atoms. The van der Waals surface area contributed by atoms with Crippen molar-refractivity contribution < 1.29 is 9.53 Å². The number of fused-ring (bicyclic) bond motifs is 1. The fourth-order valence-corrected chi connectivity index (χ4v) is 3.50. The minimum atomic E-state index is -0.505. The fourth-order valence-electron chi connectivity index (χ4n) is 3.32.